The Kier molecular flexibility index (Phi) is 4.82. The molecule has 0 radical (unpaired) electrons. The van der Waals surface area contributed by atoms with Crippen molar-refractivity contribution >= 4 is 5.97 Å². The second kappa shape index (κ2) is 6.15. The fourth-order valence-electron chi connectivity index (χ4n) is 1.59. The molecule has 5 nitrogen and oxygen atoms in total. The molecule has 1 N–H and O–H groups in total. The van der Waals surface area contributed by atoms with Gasteiger partial charge in [0.1, 0.15) is 0 Å². The van der Waals surface area contributed by atoms with Crippen LogP contribution in [0.4, 0.5) is 0 Å². The molecule has 90 valence electrons. The van der Waals surface area contributed by atoms with Crippen molar-refractivity contribution in [2.24, 2.45) is 0 Å². The Morgan fingerprint density at radius 1 is 1.25 bits per heavy atom. The number of aryl methyl sites for hydroxylation is 2. The number of carboxylic acid groups (broad SMARTS) is 1. The Hall–Kier alpha value is -1.52. The Morgan fingerprint density at radius 3 is 2.44 bits per heavy atom. The molecule has 0 saturated heterocycles. The van der Waals surface area contributed by atoms with Gasteiger partial charge in [0.05, 0.1) is 0 Å². The van der Waals surface area contributed by atoms with Crippen molar-refractivity contribution in [1.82, 2.24) is 9.13 Å². The maximum absolute atomic E-state index is 11.7. The quantitative estimate of drug-likeness (QED) is 0.713. The molecule has 0 aliphatic heterocycles. The number of imidazole rings is 1. The van der Waals surface area contributed by atoms with Crippen LogP contribution >= 0.6 is 0 Å². The first kappa shape index (κ1) is 12.5. The van der Waals surface area contributed by atoms with Crippen LogP contribution < -0.4 is 5.69 Å². The number of aliphatic carboxylic acids is 1. The predicted octanol–water partition coefficient (Wildman–Crippen LogP) is 1.31. The lowest BCUT2D eigenvalue weighted by Crippen LogP contribution is -2.24. The van der Waals surface area contributed by atoms with E-state index in [1.54, 1.807) is 21.5 Å². The summed E-state index contributed by atoms with van der Waals surface area (Å²) < 4.78 is 3.31. The molecule has 0 saturated carbocycles. The van der Waals surface area contributed by atoms with E-state index in [-0.39, 0.29) is 12.1 Å². The highest BCUT2D eigenvalue weighted by Gasteiger charge is 2.02. The van der Waals surface area contributed by atoms with Gasteiger partial charge in [0.25, 0.3) is 0 Å². The Morgan fingerprint density at radius 2 is 1.88 bits per heavy atom. The molecule has 0 bridgehead atoms. The first-order valence-corrected chi connectivity index (χ1v) is 5.62. The summed E-state index contributed by atoms with van der Waals surface area (Å²) in [6.07, 6.45) is 5.98. The fourth-order valence-corrected chi connectivity index (χ4v) is 1.59. The predicted molar refractivity (Wildman–Crippen MR) is 60.5 cm³/mol. The second-order valence-electron chi connectivity index (χ2n) is 3.82. The summed E-state index contributed by atoms with van der Waals surface area (Å²) in [5, 5.41) is 8.47. The van der Waals surface area contributed by atoms with E-state index in [4.69, 9.17) is 5.11 Å². The molecule has 0 aromatic carbocycles. The van der Waals surface area contributed by atoms with Crippen molar-refractivity contribution in [1.29, 1.82) is 0 Å². The number of nitrogens with zero attached hydrogens (tertiary/aromatic N) is 2. The van der Waals surface area contributed by atoms with Gasteiger partial charge < -0.3 is 5.11 Å². The van der Waals surface area contributed by atoms with Crippen LogP contribution in [0.2, 0.25) is 0 Å². The summed E-state index contributed by atoms with van der Waals surface area (Å²) in [6.45, 7) is 3.36. The highest BCUT2D eigenvalue weighted by atomic mass is 16.4. The van der Waals surface area contributed by atoms with Crippen molar-refractivity contribution in [3.8, 4) is 0 Å². The largest absolute Gasteiger partial charge is 0.481 e. The lowest BCUT2D eigenvalue weighted by molar-refractivity contribution is -0.137. The summed E-state index contributed by atoms with van der Waals surface area (Å²) in [6, 6.07) is 0. The lowest BCUT2D eigenvalue weighted by atomic mass is 10.2. The van der Waals surface area contributed by atoms with Crippen LogP contribution in [0.25, 0.3) is 0 Å². The molecule has 1 aromatic rings. The van der Waals surface area contributed by atoms with E-state index in [0.29, 0.717) is 13.0 Å². The number of carboxylic acids is 1. The zero-order valence-corrected chi connectivity index (χ0v) is 9.56. The number of hydrogen-bond acceptors (Lipinski definition) is 2. The second-order valence-corrected chi connectivity index (χ2v) is 3.82. The first-order valence-electron chi connectivity index (χ1n) is 5.62. The Bertz CT molecular complexity index is 392. The number of unbranched alkanes of at least 4 members (excludes halogenated alkanes) is 1. The van der Waals surface area contributed by atoms with Crippen molar-refractivity contribution in [2.45, 2.75) is 45.7 Å². The molecule has 1 rings (SSSR count). The first-order chi connectivity index (χ1) is 7.65. The zero-order valence-electron chi connectivity index (χ0n) is 9.56. The summed E-state index contributed by atoms with van der Waals surface area (Å²) in [7, 11) is 0. The van der Waals surface area contributed by atoms with Crippen LogP contribution in [0.1, 0.15) is 32.6 Å². The van der Waals surface area contributed by atoms with Crippen LogP contribution in [0.15, 0.2) is 17.2 Å². The van der Waals surface area contributed by atoms with E-state index in [0.717, 1.165) is 19.4 Å². The van der Waals surface area contributed by atoms with Crippen molar-refractivity contribution in [2.75, 3.05) is 0 Å². The van der Waals surface area contributed by atoms with Gasteiger partial charge in [-0.2, -0.15) is 0 Å². The highest BCUT2D eigenvalue weighted by molar-refractivity contribution is 5.66. The minimum atomic E-state index is -0.782. The van der Waals surface area contributed by atoms with Crippen molar-refractivity contribution in [3.63, 3.8) is 0 Å². The van der Waals surface area contributed by atoms with E-state index in [2.05, 4.69) is 0 Å². The molecule has 0 amide bonds. The molecule has 0 unspecified atom stereocenters. The molecule has 0 fully saturated rings. The van der Waals surface area contributed by atoms with E-state index in [1.807, 2.05) is 6.92 Å². The summed E-state index contributed by atoms with van der Waals surface area (Å²) in [4.78, 5) is 22.0. The number of hydrogen-bond donors (Lipinski definition) is 1. The topological polar surface area (TPSA) is 64.2 Å². The zero-order chi connectivity index (χ0) is 12.0. The van der Waals surface area contributed by atoms with Crippen LogP contribution in [0.3, 0.4) is 0 Å². The molecular weight excluding hydrogens is 208 g/mol. The number of rotatable bonds is 7. The average Bonchev–Trinajstić information content (AvgIpc) is 2.57. The molecule has 5 heteroatoms. The summed E-state index contributed by atoms with van der Waals surface area (Å²) in [5.41, 5.74) is -0.00262. The molecular formula is C11H18N2O3. The standard InChI is InChI=1S/C11H18N2O3/c1-2-6-12-8-9-13(11(12)16)7-4-3-5-10(14)15/h8-9H,2-7H2,1H3,(H,14,15). The monoisotopic (exact) mass is 226 g/mol. The SMILES string of the molecule is CCCn1ccn(CCCCC(=O)O)c1=O. The minimum Gasteiger partial charge on any atom is -0.481 e. The smallest absolute Gasteiger partial charge is 0.328 e. The van der Waals surface area contributed by atoms with Crippen LogP contribution in [0, 0.1) is 0 Å². The van der Waals surface area contributed by atoms with Gasteiger partial charge in [-0.25, -0.2) is 4.79 Å². The molecule has 1 aromatic heterocycles. The van der Waals surface area contributed by atoms with E-state index < -0.39 is 5.97 Å². The highest BCUT2D eigenvalue weighted by Crippen LogP contribution is 1.98. The Balaban J connectivity index is 2.42. The van der Waals surface area contributed by atoms with Gasteiger partial charge >= 0.3 is 11.7 Å². The van der Waals surface area contributed by atoms with Gasteiger partial charge in [0.15, 0.2) is 0 Å². The van der Waals surface area contributed by atoms with Crippen molar-refractivity contribution in [3.05, 3.63) is 22.9 Å². The van der Waals surface area contributed by atoms with Gasteiger partial charge in [-0.05, 0) is 19.3 Å². The number of aromatic nitrogens is 2. The van der Waals surface area contributed by atoms with Gasteiger partial charge in [-0.15, -0.1) is 0 Å². The minimum absolute atomic E-state index is 0.00262. The summed E-state index contributed by atoms with van der Waals surface area (Å²) >= 11 is 0. The normalized spacial score (nSPS) is 10.6. The van der Waals surface area contributed by atoms with Crippen LogP contribution in [0.5, 0.6) is 0 Å². The van der Waals surface area contributed by atoms with Gasteiger partial charge in [-0.3, -0.25) is 13.9 Å². The third-order valence-corrected chi connectivity index (χ3v) is 2.42. The van der Waals surface area contributed by atoms with E-state index in [1.165, 1.54) is 0 Å². The molecule has 0 atom stereocenters. The molecule has 0 aliphatic rings. The van der Waals surface area contributed by atoms with Crippen LogP contribution in [-0.4, -0.2) is 20.2 Å². The number of carbonyl (C=O) groups is 1. The Labute approximate surface area is 94.3 Å². The third-order valence-electron chi connectivity index (χ3n) is 2.42. The fraction of sp³-hybridized carbons (Fsp3) is 0.636. The average molecular weight is 226 g/mol. The van der Waals surface area contributed by atoms with E-state index in [9.17, 15) is 9.59 Å². The van der Waals surface area contributed by atoms with Gasteiger partial charge in [-0.1, -0.05) is 6.92 Å². The third kappa shape index (κ3) is 3.56. The molecule has 16 heavy (non-hydrogen) atoms. The van der Waals surface area contributed by atoms with Gasteiger partial charge in [0, 0.05) is 31.9 Å². The lowest BCUT2D eigenvalue weighted by Gasteiger charge is -2.00. The maximum Gasteiger partial charge on any atom is 0.328 e. The van der Waals surface area contributed by atoms with E-state index >= 15 is 0 Å². The maximum atomic E-state index is 11.7. The summed E-state index contributed by atoms with van der Waals surface area (Å²) in [5.74, 6) is -0.782. The molecule has 0 spiro atoms. The molecule has 1 heterocycles. The van der Waals surface area contributed by atoms with Crippen LogP contribution in [-0.2, 0) is 17.9 Å². The van der Waals surface area contributed by atoms with Crippen molar-refractivity contribution < 1.29 is 9.90 Å². The molecule has 0 aliphatic carbocycles. The van der Waals surface area contributed by atoms with Gasteiger partial charge in [0.2, 0.25) is 0 Å².